The van der Waals surface area contributed by atoms with Crippen LogP contribution >= 0.6 is 11.3 Å². The van der Waals surface area contributed by atoms with Gasteiger partial charge in [0, 0.05) is 37.4 Å². The Kier molecular flexibility index (Phi) is 14.3. The molecule has 0 aliphatic heterocycles. The molecule has 4 N–H and O–H groups in total. The number of carboxylic acids is 1. The van der Waals surface area contributed by atoms with Crippen molar-refractivity contribution < 1.29 is 29.0 Å². The zero-order valence-electron chi connectivity index (χ0n) is 26.4. The fourth-order valence-corrected chi connectivity index (χ4v) is 5.69. The minimum Gasteiger partial charge on any atom is -0.481 e. The maximum absolute atomic E-state index is 13.3. The van der Waals surface area contributed by atoms with Crippen LogP contribution in [0.2, 0.25) is 0 Å². The largest absolute Gasteiger partial charge is 0.481 e. The van der Waals surface area contributed by atoms with E-state index in [2.05, 4.69) is 10.3 Å². The van der Waals surface area contributed by atoms with Crippen LogP contribution in [0.1, 0.15) is 94.4 Å². The first-order chi connectivity index (χ1) is 20.3. The second kappa shape index (κ2) is 17.1. The Hall–Kier alpha value is -3.31. The summed E-state index contributed by atoms with van der Waals surface area (Å²) in [7, 11) is 1.72. The second-order valence-electron chi connectivity index (χ2n) is 11.6. The summed E-state index contributed by atoms with van der Waals surface area (Å²) in [6, 6.07) is 8.18. The molecule has 43 heavy (non-hydrogen) atoms. The van der Waals surface area contributed by atoms with Crippen molar-refractivity contribution in [3.05, 3.63) is 52.0 Å². The number of nitrogens with two attached hydrogens (primary N) is 1. The van der Waals surface area contributed by atoms with Crippen molar-refractivity contribution in [3.63, 3.8) is 0 Å². The Bertz CT molecular complexity index is 1200. The number of hydrogen-bond acceptors (Lipinski definition) is 8. The van der Waals surface area contributed by atoms with E-state index in [9.17, 15) is 24.3 Å². The van der Waals surface area contributed by atoms with Gasteiger partial charge in [-0.05, 0) is 30.2 Å². The quantitative estimate of drug-likeness (QED) is 0.214. The van der Waals surface area contributed by atoms with Crippen LogP contribution in [0.5, 0.6) is 0 Å². The summed E-state index contributed by atoms with van der Waals surface area (Å²) >= 11 is 1.21. The summed E-state index contributed by atoms with van der Waals surface area (Å²) in [5, 5.41) is 14.5. The third kappa shape index (κ3) is 10.7. The predicted octanol–water partition coefficient (Wildman–Crippen LogP) is 4.84. The minimum absolute atomic E-state index is 0.0146. The van der Waals surface area contributed by atoms with Gasteiger partial charge in [-0.3, -0.25) is 19.2 Å². The normalized spacial score (nSPS) is 15.6. The highest BCUT2D eigenvalue weighted by atomic mass is 32.1. The number of nitrogens with one attached hydrogen (secondary N) is 1. The molecule has 0 aliphatic rings. The second-order valence-corrected chi connectivity index (χ2v) is 12.5. The summed E-state index contributed by atoms with van der Waals surface area (Å²) in [6.07, 6.45) is 1.17. The molecule has 1 aromatic heterocycles. The van der Waals surface area contributed by atoms with Crippen LogP contribution in [0.25, 0.3) is 0 Å². The molecule has 2 rings (SSSR count). The number of aromatic nitrogens is 1. The lowest BCUT2D eigenvalue weighted by Gasteiger charge is -2.35. The van der Waals surface area contributed by atoms with E-state index in [1.807, 2.05) is 58.0 Å². The minimum atomic E-state index is -0.933. The van der Waals surface area contributed by atoms with Gasteiger partial charge < -0.3 is 25.8 Å². The molecule has 0 saturated carbocycles. The molecule has 0 fully saturated rings. The zero-order chi connectivity index (χ0) is 32.3. The first kappa shape index (κ1) is 35.9. The molecule has 2 aromatic rings. The van der Waals surface area contributed by atoms with Crippen molar-refractivity contribution in [1.82, 2.24) is 15.2 Å². The highest BCUT2D eigenvalue weighted by Gasteiger charge is 2.34. The molecule has 2 amide bonds. The maximum Gasteiger partial charge on any atom is 0.306 e. The molecule has 10 nitrogen and oxygen atoms in total. The molecule has 0 saturated heterocycles. The number of rotatable bonds is 17. The van der Waals surface area contributed by atoms with Crippen molar-refractivity contribution in [1.29, 1.82) is 0 Å². The van der Waals surface area contributed by atoms with E-state index in [1.54, 1.807) is 31.2 Å². The van der Waals surface area contributed by atoms with Crippen molar-refractivity contribution in [2.24, 2.45) is 23.5 Å². The molecule has 11 heteroatoms. The Morgan fingerprint density at radius 2 is 1.72 bits per heavy atom. The van der Waals surface area contributed by atoms with Crippen LogP contribution in [0.3, 0.4) is 0 Å². The lowest BCUT2D eigenvalue weighted by atomic mass is 9.93. The average Bonchev–Trinajstić information content (AvgIpc) is 3.48. The van der Waals surface area contributed by atoms with E-state index in [-0.39, 0.29) is 42.3 Å². The molecule has 1 heterocycles. The van der Waals surface area contributed by atoms with Crippen LogP contribution in [0, 0.1) is 17.8 Å². The van der Waals surface area contributed by atoms with Crippen LogP contribution in [-0.4, -0.2) is 63.9 Å². The van der Waals surface area contributed by atoms with Crippen LogP contribution in [-0.2, 0) is 25.5 Å². The van der Waals surface area contributed by atoms with Gasteiger partial charge in [-0.25, -0.2) is 4.98 Å². The monoisotopic (exact) mass is 616 g/mol. The molecular formula is C32H48N4O6S. The lowest BCUT2D eigenvalue weighted by Crippen LogP contribution is -2.51. The van der Waals surface area contributed by atoms with Crippen molar-refractivity contribution in [3.8, 4) is 0 Å². The van der Waals surface area contributed by atoms with Gasteiger partial charge in [0.2, 0.25) is 5.91 Å². The number of hydrogen-bond donors (Lipinski definition) is 3. The molecular weight excluding hydrogens is 568 g/mol. The van der Waals surface area contributed by atoms with Gasteiger partial charge in [0.1, 0.15) is 10.7 Å². The molecule has 238 valence electrons. The van der Waals surface area contributed by atoms with Gasteiger partial charge in [-0.1, -0.05) is 78.3 Å². The Labute approximate surface area is 259 Å². The molecule has 0 radical (unpaired) electrons. The summed E-state index contributed by atoms with van der Waals surface area (Å²) in [5.41, 5.74) is 7.39. The first-order valence-corrected chi connectivity index (χ1v) is 15.9. The van der Waals surface area contributed by atoms with Gasteiger partial charge in [-0.2, -0.15) is 0 Å². The molecule has 0 aliphatic carbocycles. The number of carbonyl (C=O) groups is 4. The van der Waals surface area contributed by atoms with E-state index in [4.69, 9.17) is 10.5 Å². The zero-order valence-corrected chi connectivity index (χ0v) is 27.2. The SMILES string of the molecule is CCC(=O)O[C@H](C[C@H](C(C)C)N(C)C(=O)[C@@H](N)[C@@H](C)CC)c1nc(C(=O)NC(Cc2ccccc2)CC(C)C(=O)O)cs1. The highest BCUT2D eigenvalue weighted by molar-refractivity contribution is 7.09. The van der Waals surface area contributed by atoms with Gasteiger partial charge >= 0.3 is 11.9 Å². The number of nitrogens with zero attached hydrogens (tertiary/aromatic N) is 2. The Morgan fingerprint density at radius 3 is 2.28 bits per heavy atom. The standard InChI is InChI=1S/C32H48N4O6S/c1-8-20(5)28(33)31(39)36(7)25(19(3)4)17-26(42-27(37)9-2)30-35-24(18-43-30)29(38)34-23(15-21(6)32(40)41)16-22-13-11-10-12-14-22/h10-14,18-21,23,25-26,28H,8-9,15-17,33H2,1-7H3,(H,34,38)(H,40,41)/t20-,21?,23?,25+,26+,28-/m0/s1. The maximum atomic E-state index is 13.3. The number of aliphatic carboxylic acids is 1. The van der Waals surface area contributed by atoms with Crippen LogP contribution in [0.15, 0.2) is 35.7 Å². The molecule has 1 aromatic carbocycles. The smallest absolute Gasteiger partial charge is 0.306 e. The summed E-state index contributed by atoms with van der Waals surface area (Å²) < 4.78 is 5.80. The number of likely N-dealkylation sites (N-methyl/N-ethyl adjacent to an activating group) is 1. The Morgan fingerprint density at radius 1 is 1.07 bits per heavy atom. The third-order valence-electron chi connectivity index (χ3n) is 7.92. The molecule has 0 spiro atoms. The number of ether oxygens (including phenoxy) is 1. The van der Waals surface area contributed by atoms with Gasteiger partial charge in [0.15, 0.2) is 6.10 Å². The number of benzene rings is 1. The summed E-state index contributed by atoms with van der Waals surface area (Å²) in [6.45, 7) is 11.2. The molecule has 0 bridgehead atoms. The van der Waals surface area contributed by atoms with Gasteiger partial charge in [0.05, 0.1) is 12.0 Å². The molecule has 6 atom stereocenters. The number of carboxylic acid groups (broad SMARTS) is 1. The third-order valence-corrected chi connectivity index (χ3v) is 8.86. The fraction of sp³-hybridized carbons (Fsp3) is 0.594. The van der Waals surface area contributed by atoms with Crippen molar-refractivity contribution in [2.45, 2.75) is 97.9 Å². The van der Waals surface area contributed by atoms with E-state index < -0.39 is 42.0 Å². The van der Waals surface area contributed by atoms with E-state index >= 15 is 0 Å². The van der Waals surface area contributed by atoms with Crippen molar-refractivity contribution in [2.75, 3.05) is 7.05 Å². The first-order valence-electron chi connectivity index (χ1n) is 15.0. The highest BCUT2D eigenvalue weighted by Crippen LogP contribution is 2.31. The summed E-state index contributed by atoms with van der Waals surface area (Å²) in [4.78, 5) is 56.7. The predicted molar refractivity (Wildman–Crippen MR) is 167 cm³/mol. The van der Waals surface area contributed by atoms with Gasteiger partial charge in [0.25, 0.3) is 5.91 Å². The average molecular weight is 617 g/mol. The number of amides is 2. The number of carbonyl (C=O) groups excluding carboxylic acids is 3. The van der Waals surface area contributed by atoms with E-state index in [0.717, 1.165) is 12.0 Å². The Balaban J connectivity index is 2.30. The lowest BCUT2D eigenvalue weighted by molar-refractivity contribution is -0.151. The van der Waals surface area contributed by atoms with Crippen LogP contribution < -0.4 is 11.1 Å². The fourth-order valence-electron chi connectivity index (χ4n) is 4.85. The van der Waals surface area contributed by atoms with Gasteiger partial charge in [-0.15, -0.1) is 11.3 Å². The van der Waals surface area contributed by atoms with Crippen molar-refractivity contribution >= 4 is 35.1 Å². The summed E-state index contributed by atoms with van der Waals surface area (Å²) in [5.74, 6) is -2.57. The topological polar surface area (TPSA) is 152 Å². The van der Waals surface area contributed by atoms with E-state index in [0.29, 0.717) is 17.8 Å². The van der Waals surface area contributed by atoms with Crippen LogP contribution in [0.4, 0.5) is 0 Å². The number of thiazole rings is 1. The molecule has 2 unspecified atom stereocenters. The van der Waals surface area contributed by atoms with E-state index in [1.165, 1.54) is 11.3 Å². The number of esters is 1.